The van der Waals surface area contributed by atoms with Crippen molar-refractivity contribution in [2.24, 2.45) is 5.92 Å². The zero-order valence-corrected chi connectivity index (χ0v) is 16.5. The molecule has 0 heterocycles. The summed E-state index contributed by atoms with van der Waals surface area (Å²) in [5.74, 6) is 2.16. The Balaban J connectivity index is 1.93. The summed E-state index contributed by atoms with van der Waals surface area (Å²) >= 11 is 0. The van der Waals surface area contributed by atoms with Gasteiger partial charge in [0.25, 0.3) is 0 Å². The average Bonchev–Trinajstić information content (AvgIpc) is 3.19. The molecule has 0 N–H and O–H groups in total. The molecule has 3 atom stereocenters. The van der Waals surface area contributed by atoms with Gasteiger partial charge in [-0.15, -0.1) is 6.58 Å². The normalized spacial score (nSPS) is 25.2. The minimum Gasteiger partial charge on any atom is -0.337 e. The highest BCUT2D eigenvalue weighted by Gasteiger charge is 2.44. The molecule has 0 amide bonds. The first kappa shape index (κ1) is 18.5. The third-order valence-corrected chi connectivity index (χ3v) is 6.31. The zero-order valence-electron chi connectivity index (χ0n) is 16.5. The predicted molar refractivity (Wildman–Crippen MR) is 112 cm³/mol. The Morgan fingerprint density at radius 1 is 1.16 bits per heavy atom. The molecule has 0 saturated heterocycles. The van der Waals surface area contributed by atoms with E-state index in [9.17, 15) is 0 Å². The molecule has 3 rings (SSSR count). The number of benzene rings is 1. The summed E-state index contributed by atoms with van der Waals surface area (Å²) in [5, 5.41) is 0. The third-order valence-electron chi connectivity index (χ3n) is 6.31. The summed E-state index contributed by atoms with van der Waals surface area (Å²) in [7, 11) is 0. The summed E-state index contributed by atoms with van der Waals surface area (Å²) < 4.78 is 0. The molecule has 1 fully saturated rings. The Morgan fingerprint density at radius 2 is 1.88 bits per heavy atom. The maximum Gasteiger partial charge on any atom is 0.238 e. The van der Waals surface area contributed by atoms with Crippen molar-refractivity contribution < 1.29 is 0 Å². The van der Waals surface area contributed by atoms with Gasteiger partial charge in [0.1, 0.15) is 0 Å². The first-order valence-electron chi connectivity index (χ1n) is 10.2. The summed E-state index contributed by atoms with van der Waals surface area (Å²) in [4.78, 5) is 2.79. The number of nitrogens with zero attached hydrogens (tertiary/aromatic N) is 1. The van der Waals surface area contributed by atoms with Gasteiger partial charge in [-0.25, -0.2) is 0 Å². The number of hydrogen-bond acceptors (Lipinski definition) is 1. The Bertz CT molecular complexity index is 610. The molecule has 1 nitrogen and oxygen atoms in total. The molecule has 0 aliphatic heterocycles. The summed E-state index contributed by atoms with van der Waals surface area (Å²) in [6.07, 6.45) is 12.2. The Hall–Kier alpha value is -1.28. The smallest absolute Gasteiger partial charge is 0.238 e. The number of allylic oxidation sites excluding steroid dienone is 2. The van der Waals surface area contributed by atoms with Crippen LogP contribution in [0.15, 0.2) is 43.0 Å². The highest BCUT2D eigenvalue weighted by molar-refractivity contribution is 6.60. The maximum absolute atomic E-state index is 3.97. The molecule has 0 radical (unpaired) electrons. The monoisotopic (exact) mass is 335 g/mol. The second-order valence-electron chi connectivity index (χ2n) is 8.60. The fraction of sp³-hybridized carbons (Fsp3) is 0.565. The van der Waals surface area contributed by atoms with Crippen LogP contribution in [0.5, 0.6) is 0 Å². The van der Waals surface area contributed by atoms with Crippen LogP contribution in [-0.4, -0.2) is 23.7 Å². The van der Waals surface area contributed by atoms with Crippen LogP contribution in [0.3, 0.4) is 0 Å². The average molecular weight is 335 g/mol. The number of rotatable bonds is 7. The topological polar surface area (TPSA) is 3.24 Å². The lowest BCUT2D eigenvalue weighted by atomic mass is 9.39. The van der Waals surface area contributed by atoms with E-state index in [1.165, 1.54) is 36.8 Å². The number of fused-ring (bicyclic) bond motifs is 1. The molecule has 134 valence electrons. The van der Waals surface area contributed by atoms with E-state index in [1.54, 1.807) is 0 Å². The van der Waals surface area contributed by atoms with E-state index in [-0.39, 0.29) is 0 Å². The molecule has 2 aliphatic rings. The lowest BCUT2D eigenvalue weighted by Gasteiger charge is -2.42. The first-order chi connectivity index (χ1) is 12.0. The SMILES string of the molecule is C=CCC1CCC(B(C2C=Cc3ccccc32)N(C(C)C)C(C)C)C1. The molecule has 2 aliphatic carbocycles. The molecular formula is C23H34BN. The van der Waals surface area contributed by atoms with Gasteiger partial charge < -0.3 is 4.81 Å². The molecule has 1 aromatic rings. The van der Waals surface area contributed by atoms with E-state index in [4.69, 9.17) is 0 Å². The molecule has 3 unspecified atom stereocenters. The van der Waals surface area contributed by atoms with Crippen molar-refractivity contribution in [2.45, 2.75) is 77.1 Å². The van der Waals surface area contributed by atoms with Crippen molar-refractivity contribution in [3.05, 3.63) is 54.1 Å². The van der Waals surface area contributed by atoms with Gasteiger partial charge in [0, 0.05) is 0 Å². The standard InChI is InChI=1S/C23H34BN/c1-6-9-19-12-14-21(16-19)24(25(17(2)3)18(4)5)23-15-13-20-10-7-8-11-22(20)23/h6-8,10-11,13,15,17-19,21,23H,1,9,12,14,16H2,2-5H3. The molecule has 0 aromatic heterocycles. The first-order valence-corrected chi connectivity index (χ1v) is 10.2. The fourth-order valence-corrected chi connectivity index (χ4v) is 5.46. The van der Waals surface area contributed by atoms with E-state index >= 15 is 0 Å². The van der Waals surface area contributed by atoms with E-state index in [0.717, 1.165) is 11.7 Å². The highest BCUT2D eigenvalue weighted by Crippen LogP contribution is 2.46. The summed E-state index contributed by atoms with van der Waals surface area (Å²) in [6.45, 7) is 14.1. The lowest BCUT2D eigenvalue weighted by molar-refractivity contribution is 0.293. The fourth-order valence-electron chi connectivity index (χ4n) is 5.46. The van der Waals surface area contributed by atoms with E-state index in [2.05, 4.69) is 81.6 Å². The van der Waals surface area contributed by atoms with Crippen LogP contribution < -0.4 is 0 Å². The molecule has 2 heteroatoms. The van der Waals surface area contributed by atoms with Crippen LogP contribution in [0.1, 0.15) is 70.3 Å². The Morgan fingerprint density at radius 3 is 2.56 bits per heavy atom. The van der Waals surface area contributed by atoms with Gasteiger partial charge in [0.2, 0.25) is 6.85 Å². The number of hydrogen-bond donors (Lipinski definition) is 0. The van der Waals surface area contributed by atoms with Crippen molar-refractivity contribution in [2.75, 3.05) is 0 Å². The molecule has 0 bridgehead atoms. The van der Waals surface area contributed by atoms with E-state index in [1.807, 2.05) is 0 Å². The van der Waals surface area contributed by atoms with Crippen LogP contribution in [0.4, 0.5) is 0 Å². The predicted octanol–water partition coefficient (Wildman–Crippen LogP) is 6.19. The van der Waals surface area contributed by atoms with Crippen LogP contribution in [0, 0.1) is 5.92 Å². The van der Waals surface area contributed by atoms with Crippen molar-refractivity contribution >= 4 is 12.9 Å². The second kappa shape index (κ2) is 7.95. The molecule has 1 saturated carbocycles. The molecular weight excluding hydrogens is 301 g/mol. The maximum atomic E-state index is 3.97. The lowest BCUT2D eigenvalue weighted by Crippen LogP contribution is -2.53. The van der Waals surface area contributed by atoms with Crippen molar-refractivity contribution in [1.29, 1.82) is 0 Å². The van der Waals surface area contributed by atoms with Gasteiger partial charge in [0.05, 0.1) is 0 Å². The zero-order chi connectivity index (χ0) is 18.0. The molecule has 0 spiro atoms. The van der Waals surface area contributed by atoms with Gasteiger partial charge in [-0.2, -0.15) is 0 Å². The third kappa shape index (κ3) is 3.79. The Labute approximate surface area is 155 Å². The van der Waals surface area contributed by atoms with Crippen LogP contribution >= 0.6 is 0 Å². The van der Waals surface area contributed by atoms with Crippen LogP contribution in [0.25, 0.3) is 6.08 Å². The van der Waals surface area contributed by atoms with Gasteiger partial charge in [-0.05, 0) is 47.2 Å². The van der Waals surface area contributed by atoms with Gasteiger partial charge >= 0.3 is 0 Å². The second-order valence-corrected chi connectivity index (χ2v) is 8.60. The van der Waals surface area contributed by atoms with Gasteiger partial charge in [-0.3, -0.25) is 0 Å². The quantitative estimate of drug-likeness (QED) is 0.424. The minimum absolute atomic E-state index is 0.536. The van der Waals surface area contributed by atoms with Crippen molar-refractivity contribution in [3.63, 3.8) is 0 Å². The van der Waals surface area contributed by atoms with Crippen LogP contribution in [0.2, 0.25) is 5.82 Å². The minimum atomic E-state index is 0.536. The van der Waals surface area contributed by atoms with Crippen molar-refractivity contribution in [3.8, 4) is 0 Å². The highest BCUT2D eigenvalue weighted by atomic mass is 15.1. The van der Waals surface area contributed by atoms with Gasteiger partial charge in [-0.1, -0.05) is 89.5 Å². The van der Waals surface area contributed by atoms with Crippen molar-refractivity contribution in [1.82, 2.24) is 4.81 Å². The van der Waals surface area contributed by atoms with E-state index < -0.39 is 0 Å². The Kier molecular flexibility index (Phi) is 5.89. The molecule has 1 aromatic carbocycles. The summed E-state index contributed by atoms with van der Waals surface area (Å²) in [5.41, 5.74) is 2.96. The largest absolute Gasteiger partial charge is 0.337 e. The molecule has 25 heavy (non-hydrogen) atoms. The van der Waals surface area contributed by atoms with Gasteiger partial charge in [0.15, 0.2) is 0 Å². The van der Waals surface area contributed by atoms with Crippen LogP contribution in [-0.2, 0) is 0 Å². The van der Waals surface area contributed by atoms with E-state index in [0.29, 0.717) is 24.7 Å². The summed E-state index contributed by atoms with van der Waals surface area (Å²) in [6, 6.07) is 10.1.